The number of aromatic nitrogens is 3. The maximum Gasteiger partial charge on any atom is 0.209 e. The number of hydrogen-bond acceptors (Lipinski definition) is 5. The Labute approximate surface area is 163 Å². The van der Waals surface area contributed by atoms with Gasteiger partial charge < -0.3 is 9.84 Å². The summed E-state index contributed by atoms with van der Waals surface area (Å²) in [5.41, 5.74) is 2.09. The summed E-state index contributed by atoms with van der Waals surface area (Å²) >= 11 is 1.47. The highest BCUT2D eigenvalue weighted by Gasteiger charge is 2.30. The molecule has 5 nitrogen and oxygen atoms in total. The van der Waals surface area contributed by atoms with Crippen molar-refractivity contribution in [3.05, 3.63) is 66.0 Å². The quantitative estimate of drug-likeness (QED) is 0.598. The Kier molecular flexibility index (Phi) is 5.45. The van der Waals surface area contributed by atoms with E-state index in [4.69, 9.17) is 9.72 Å². The number of rotatable bonds is 8. The number of hydrogen-bond donors (Lipinski definition) is 1. The van der Waals surface area contributed by atoms with Crippen LogP contribution >= 0.6 is 11.8 Å². The van der Waals surface area contributed by atoms with E-state index in [1.54, 1.807) is 0 Å². The second-order valence-corrected chi connectivity index (χ2v) is 7.80. The fourth-order valence-electron chi connectivity index (χ4n) is 2.85. The average molecular weight is 382 g/mol. The van der Waals surface area contributed by atoms with Gasteiger partial charge in [0.25, 0.3) is 0 Å². The van der Waals surface area contributed by atoms with Crippen molar-refractivity contribution in [2.45, 2.75) is 36.9 Å². The van der Waals surface area contributed by atoms with Crippen molar-refractivity contribution in [3.63, 3.8) is 0 Å². The van der Waals surface area contributed by atoms with Crippen LogP contribution in [0.4, 0.5) is 0 Å². The molecular weight excluding hydrogens is 358 g/mol. The summed E-state index contributed by atoms with van der Waals surface area (Å²) in [4.78, 5) is 4.72. The largest absolute Gasteiger partial charge is 0.491 e. The van der Waals surface area contributed by atoms with Gasteiger partial charge in [-0.3, -0.25) is 0 Å². The molecule has 1 fully saturated rings. The Morgan fingerprint density at radius 1 is 1.15 bits per heavy atom. The highest BCUT2D eigenvalue weighted by atomic mass is 32.2. The maximum atomic E-state index is 10.3. The number of thioether (sulfide) groups is 1. The molecule has 1 aliphatic rings. The van der Waals surface area contributed by atoms with Crippen LogP contribution in [0.1, 0.15) is 30.1 Å². The van der Waals surface area contributed by atoms with Crippen molar-refractivity contribution in [2.75, 3.05) is 12.4 Å². The third-order valence-electron chi connectivity index (χ3n) is 4.49. The van der Waals surface area contributed by atoms with Gasteiger partial charge in [-0.2, -0.15) is 0 Å². The number of ether oxygens (including phenoxy) is 1. The molecular formula is C21H23N3O2S. The standard InChI is InChI=1S/C21H23N3O2S/c1-15-7-5-6-10-19(15)26-13-18(25)14-27-21-22-20(16-11-12-16)24(23-21)17-8-3-2-4-9-17/h2-10,16,18,25H,11-14H2,1H3/t18-/m0/s1. The van der Waals surface area contributed by atoms with Crippen molar-refractivity contribution >= 4 is 11.8 Å². The van der Waals surface area contributed by atoms with Gasteiger partial charge in [0.2, 0.25) is 5.16 Å². The summed E-state index contributed by atoms with van der Waals surface area (Å²) < 4.78 is 7.66. The van der Waals surface area contributed by atoms with Gasteiger partial charge in [-0.15, -0.1) is 5.10 Å². The summed E-state index contributed by atoms with van der Waals surface area (Å²) in [6.07, 6.45) is 1.76. The number of para-hydroxylation sites is 2. The molecule has 27 heavy (non-hydrogen) atoms. The predicted octanol–water partition coefficient (Wildman–Crippen LogP) is 3.99. The van der Waals surface area contributed by atoms with Crippen molar-refractivity contribution in [3.8, 4) is 11.4 Å². The molecule has 0 saturated heterocycles. The summed E-state index contributed by atoms with van der Waals surface area (Å²) in [5, 5.41) is 15.6. The molecule has 1 aliphatic carbocycles. The Balaban J connectivity index is 1.37. The number of aliphatic hydroxyl groups is 1. The lowest BCUT2D eigenvalue weighted by Crippen LogP contribution is -2.20. The number of nitrogens with zero attached hydrogens (tertiary/aromatic N) is 3. The van der Waals surface area contributed by atoms with E-state index in [0.717, 1.165) is 22.8 Å². The fourth-order valence-corrected chi connectivity index (χ4v) is 3.59. The molecule has 1 aromatic heterocycles. The molecule has 1 atom stereocenters. The Morgan fingerprint density at radius 3 is 2.63 bits per heavy atom. The van der Waals surface area contributed by atoms with Crippen LogP contribution in [0.3, 0.4) is 0 Å². The highest BCUT2D eigenvalue weighted by Crippen LogP contribution is 2.40. The maximum absolute atomic E-state index is 10.3. The second kappa shape index (κ2) is 8.15. The average Bonchev–Trinajstić information content (AvgIpc) is 3.46. The van der Waals surface area contributed by atoms with Crippen LogP contribution < -0.4 is 4.74 Å². The first-order valence-corrected chi connectivity index (χ1v) is 10.2. The molecule has 3 aromatic rings. The first kappa shape index (κ1) is 18.1. The minimum absolute atomic E-state index is 0.257. The summed E-state index contributed by atoms with van der Waals surface area (Å²) in [6, 6.07) is 17.9. The lowest BCUT2D eigenvalue weighted by atomic mass is 10.2. The van der Waals surface area contributed by atoms with Crippen molar-refractivity contribution in [1.29, 1.82) is 0 Å². The van der Waals surface area contributed by atoms with Gasteiger partial charge in [-0.1, -0.05) is 48.2 Å². The van der Waals surface area contributed by atoms with Crippen molar-refractivity contribution in [2.24, 2.45) is 0 Å². The lowest BCUT2D eigenvalue weighted by Gasteiger charge is -2.12. The van der Waals surface area contributed by atoms with Gasteiger partial charge in [0.05, 0.1) is 11.8 Å². The second-order valence-electron chi connectivity index (χ2n) is 6.82. The summed E-state index contributed by atoms with van der Waals surface area (Å²) in [6.45, 7) is 2.25. The molecule has 0 radical (unpaired) electrons. The van der Waals surface area contributed by atoms with Gasteiger partial charge in [0, 0.05) is 11.7 Å². The van der Waals surface area contributed by atoms with Gasteiger partial charge in [0.1, 0.15) is 18.2 Å². The minimum Gasteiger partial charge on any atom is -0.491 e. The molecule has 0 spiro atoms. The number of aliphatic hydroxyl groups excluding tert-OH is 1. The third-order valence-corrected chi connectivity index (χ3v) is 5.47. The fraction of sp³-hybridized carbons (Fsp3) is 0.333. The SMILES string of the molecule is Cc1ccccc1OC[C@H](O)CSc1nc(C2CC2)n(-c2ccccc2)n1. The van der Waals surface area contributed by atoms with E-state index in [9.17, 15) is 5.11 Å². The molecule has 1 heterocycles. The zero-order valence-corrected chi connectivity index (χ0v) is 16.1. The monoisotopic (exact) mass is 381 g/mol. The van der Waals surface area contributed by atoms with Crippen LogP contribution in [0.25, 0.3) is 5.69 Å². The Hall–Kier alpha value is -2.31. The third kappa shape index (κ3) is 4.51. The lowest BCUT2D eigenvalue weighted by molar-refractivity contribution is 0.126. The van der Waals surface area contributed by atoms with Gasteiger partial charge in [-0.05, 0) is 43.5 Å². The predicted molar refractivity (Wildman–Crippen MR) is 107 cm³/mol. The van der Waals surface area contributed by atoms with Crippen LogP contribution in [0.15, 0.2) is 59.8 Å². The smallest absolute Gasteiger partial charge is 0.209 e. The van der Waals surface area contributed by atoms with Crippen LogP contribution in [0.2, 0.25) is 0 Å². The summed E-state index contributed by atoms with van der Waals surface area (Å²) in [7, 11) is 0. The molecule has 140 valence electrons. The zero-order valence-electron chi connectivity index (χ0n) is 15.3. The molecule has 2 aromatic carbocycles. The van der Waals surface area contributed by atoms with E-state index < -0.39 is 6.10 Å². The van der Waals surface area contributed by atoms with Crippen LogP contribution in [-0.2, 0) is 0 Å². The zero-order chi connectivity index (χ0) is 18.6. The van der Waals surface area contributed by atoms with Crippen molar-refractivity contribution in [1.82, 2.24) is 14.8 Å². The molecule has 0 aliphatic heterocycles. The minimum atomic E-state index is -0.581. The van der Waals surface area contributed by atoms with Crippen molar-refractivity contribution < 1.29 is 9.84 Å². The molecule has 6 heteroatoms. The molecule has 1 saturated carbocycles. The van der Waals surface area contributed by atoms with Crippen LogP contribution in [0, 0.1) is 6.92 Å². The Morgan fingerprint density at radius 2 is 1.89 bits per heavy atom. The van der Waals surface area contributed by atoms with E-state index in [1.807, 2.05) is 66.2 Å². The van der Waals surface area contributed by atoms with Gasteiger partial charge in [-0.25, -0.2) is 9.67 Å². The molecule has 0 amide bonds. The van der Waals surface area contributed by atoms with E-state index in [0.29, 0.717) is 16.8 Å². The summed E-state index contributed by atoms with van der Waals surface area (Å²) in [5.74, 6) is 2.83. The molecule has 0 bridgehead atoms. The van der Waals surface area contributed by atoms with E-state index in [1.165, 1.54) is 24.6 Å². The van der Waals surface area contributed by atoms with Gasteiger partial charge in [0.15, 0.2) is 0 Å². The molecule has 4 rings (SSSR count). The van der Waals surface area contributed by atoms with E-state index in [2.05, 4.69) is 5.10 Å². The Bertz CT molecular complexity index is 893. The molecule has 1 N–H and O–H groups in total. The van der Waals surface area contributed by atoms with Crippen LogP contribution in [0.5, 0.6) is 5.75 Å². The number of benzene rings is 2. The first-order chi connectivity index (χ1) is 13.2. The normalized spacial score (nSPS) is 14.9. The van der Waals surface area contributed by atoms with E-state index in [-0.39, 0.29) is 6.61 Å². The highest BCUT2D eigenvalue weighted by molar-refractivity contribution is 7.99. The van der Waals surface area contributed by atoms with E-state index >= 15 is 0 Å². The molecule has 0 unspecified atom stereocenters. The van der Waals surface area contributed by atoms with Crippen LogP contribution in [-0.4, -0.2) is 38.3 Å². The first-order valence-electron chi connectivity index (χ1n) is 9.22. The topological polar surface area (TPSA) is 60.2 Å². The number of aryl methyl sites for hydroxylation is 1. The van der Waals surface area contributed by atoms with Gasteiger partial charge >= 0.3 is 0 Å².